The first-order valence-corrected chi connectivity index (χ1v) is 7.66. The molecule has 110 valence electrons. The van der Waals surface area contributed by atoms with Crippen LogP contribution in [0.1, 0.15) is 27.2 Å². The Balaban J connectivity index is 1.84. The summed E-state index contributed by atoms with van der Waals surface area (Å²) in [6.07, 6.45) is 4.12. The average molecular weight is 390 g/mol. The summed E-state index contributed by atoms with van der Waals surface area (Å²) in [6, 6.07) is 2.01. The van der Waals surface area contributed by atoms with E-state index in [-0.39, 0.29) is 12.1 Å². The van der Waals surface area contributed by atoms with Crippen LogP contribution in [0.3, 0.4) is 0 Å². The summed E-state index contributed by atoms with van der Waals surface area (Å²) in [5, 5.41) is 0. The Morgan fingerprint density at radius 3 is 2.80 bits per heavy atom. The molecule has 0 bridgehead atoms. The zero-order valence-electron chi connectivity index (χ0n) is 11.9. The van der Waals surface area contributed by atoms with E-state index >= 15 is 0 Å². The standard InChI is InChI=1S/C14H19IN2O3/c1-14(2,3)20-13(18)17-5-4-11(17)9-19-12-6-10(15)7-16-8-12/h6-8,11H,4-5,9H2,1-3H3/t11-/m0/s1. The van der Waals surface area contributed by atoms with Crippen LogP contribution in [0.25, 0.3) is 0 Å². The van der Waals surface area contributed by atoms with Gasteiger partial charge < -0.3 is 14.4 Å². The lowest BCUT2D eigenvalue weighted by Crippen LogP contribution is -2.55. The van der Waals surface area contributed by atoms with Gasteiger partial charge in [-0.15, -0.1) is 0 Å². The number of amides is 1. The van der Waals surface area contributed by atoms with Crippen molar-refractivity contribution >= 4 is 28.7 Å². The van der Waals surface area contributed by atoms with E-state index in [9.17, 15) is 4.79 Å². The Labute approximate surface area is 132 Å². The third-order valence-corrected chi connectivity index (χ3v) is 3.48. The molecule has 5 nitrogen and oxygen atoms in total. The van der Waals surface area contributed by atoms with E-state index in [0.717, 1.165) is 22.3 Å². The van der Waals surface area contributed by atoms with Crippen LogP contribution in [0, 0.1) is 3.57 Å². The third kappa shape index (κ3) is 4.22. The van der Waals surface area contributed by atoms with Crippen molar-refractivity contribution in [3.8, 4) is 5.75 Å². The van der Waals surface area contributed by atoms with Gasteiger partial charge in [-0.25, -0.2) is 4.79 Å². The monoisotopic (exact) mass is 390 g/mol. The molecule has 0 radical (unpaired) electrons. The molecule has 1 aliphatic rings. The molecular formula is C14H19IN2O3. The molecule has 1 aliphatic heterocycles. The molecule has 2 heterocycles. The molecule has 0 aliphatic carbocycles. The van der Waals surface area contributed by atoms with Gasteiger partial charge in [0.05, 0.1) is 12.2 Å². The third-order valence-electron chi connectivity index (χ3n) is 2.89. The van der Waals surface area contributed by atoms with Gasteiger partial charge in [-0.1, -0.05) is 0 Å². The second kappa shape index (κ2) is 6.15. The molecule has 0 unspecified atom stereocenters. The fourth-order valence-corrected chi connectivity index (χ4v) is 2.31. The lowest BCUT2D eigenvalue weighted by Gasteiger charge is -2.40. The van der Waals surface area contributed by atoms with E-state index in [1.54, 1.807) is 17.3 Å². The lowest BCUT2D eigenvalue weighted by atomic mass is 10.1. The van der Waals surface area contributed by atoms with Gasteiger partial charge >= 0.3 is 6.09 Å². The number of hydrogen-bond acceptors (Lipinski definition) is 4. The lowest BCUT2D eigenvalue weighted by molar-refractivity contribution is -0.0141. The number of pyridine rings is 1. The Morgan fingerprint density at radius 2 is 2.25 bits per heavy atom. The number of hydrogen-bond donors (Lipinski definition) is 0. The zero-order valence-corrected chi connectivity index (χ0v) is 14.1. The minimum atomic E-state index is -0.461. The van der Waals surface area contributed by atoms with Crippen LogP contribution in [0.4, 0.5) is 4.79 Å². The topological polar surface area (TPSA) is 51.7 Å². The summed E-state index contributed by atoms with van der Waals surface area (Å²) < 4.78 is 12.1. The van der Waals surface area contributed by atoms with Crippen LogP contribution in [0.5, 0.6) is 5.75 Å². The van der Waals surface area contributed by atoms with Crippen LogP contribution in [-0.4, -0.2) is 40.8 Å². The summed E-state index contributed by atoms with van der Waals surface area (Å²) in [7, 11) is 0. The van der Waals surface area contributed by atoms with Gasteiger partial charge in [0.2, 0.25) is 0 Å². The maximum absolute atomic E-state index is 12.0. The molecule has 20 heavy (non-hydrogen) atoms. The van der Waals surface area contributed by atoms with Crippen LogP contribution >= 0.6 is 22.6 Å². The average Bonchev–Trinajstić information content (AvgIpc) is 2.24. The molecular weight excluding hydrogens is 371 g/mol. The van der Waals surface area contributed by atoms with Crippen molar-refractivity contribution in [1.29, 1.82) is 0 Å². The van der Waals surface area contributed by atoms with E-state index in [1.807, 2.05) is 26.8 Å². The second-order valence-corrected chi connectivity index (χ2v) is 7.01. The van der Waals surface area contributed by atoms with E-state index in [1.165, 1.54) is 0 Å². The second-order valence-electron chi connectivity index (χ2n) is 5.77. The Kier molecular flexibility index (Phi) is 4.72. The van der Waals surface area contributed by atoms with Crippen molar-refractivity contribution < 1.29 is 14.3 Å². The van der Waals surface area contributed by atoms with Gasteiger partial charge in [-0.05, 0) is 55.8 Å². The maximum atomic E-state index is 12.0. The van der Waals surface area contributed by atoms with Gasteiger partial charge in [0.1, 0.15) is 18.0 Å². The van der Waals surface area contributed by atoms with Crippen molar-refractivity contribution in [2.45, 2.75) is 38.8 Å². The summed E-state index contributed by atoms with van der Waals surface area (Å²) in [5.74, 6) is 0.730. The van der Waals surface area contributed by atoms with Crippen LogP contribution in [-0.2, 0) is 4.74 Å². The Hall–Kier alpha value is -1.05. The van der Waals surface area contributed by atoms with E-state index in [0.29, 0.717) is 6.61 Å². The number of likely N-dealkylation sites (tertiary alicyclic amines) is 1. The molecule has 1 aromatic rings. The predicted molar refractivity (Wildman–Crippen MR) is 83.8 cm³/mol. The van der Waals surface area contributed by atoms with Crippen molar-refractivity contribution in [2.75, 3.05) is 13.2 Å². The van der Waals surface area contributed by atoms with Crippen LogP contribution in [0.2, 0.25) is 0 Å². The predicted octanol–water partition coefficient (Wildman–Crippen LogP) is 3.07. The summed E-state index contributed by atoms with van der Waals surface area (Å²) in [5.41, 5.74) is -0.461. The maximum Gasteiger partial charge on any atom is 0.410 e. The van der Waals surface area contributed by atoms with Crippen LogP contribution < -0.4 is 4.74 Å². The summed E-state index contributed by atoms with van der Waals surface area (Å²) in [4.78, 5) is 17.7. The minimum absolute atomic E-state index is 0.0858. The molecule has 1 saturated heterocycles. The SMILES string of the molecule is CC(C)(C)OC(=O)N1CC[C@H]1COc1cncc(I)c1. The fraction of sp³-hybridized carbons (Fsp3) is 0.571. The number of carbonyl (C=O) groups excluding carboxylic acids is 1. The van der Waals surface area contributed by atoms with E-state index in [2.05, 4.69) is 27.6 Å². The number of ether oxygens (including phenoxy) is 2. The summed E-state index contributed by atoms with van der Waals surface area (Å²) in [6.45, 7) is 6.81. The molecule has 2 rings (SSSR count). The number of aromatic nitrogens is 1. The molecule has 1 amide bonds. The largest absolute Gasteiger partial charge is 0.490 e. The quantitative estimate of drug-likeness (QED) is 0.745. The van der Waals surface area contributed by atoms with Crippen molar-refractivity contribution in [2.24, 2.45) is 0 Å². The Morgan fingerprint density at radius 1 is 1.50 bits per heavy atom. The first-order valence-electron chi connectivity index (χ1n) is 6.58. The number of carbonyl (C=O) groups is 1. The molecule has 1 fully saturated rings. The molecule has 6 heteroatoms. The van der Waals surface area contributed by atoms with Gasteiger partial charge in [0, 0.05) is 16.3 Å². The normalized spacial score (nSPS) is 18.4. The van der Waals surface area contributed by atoms with E-state index in [4.69, 9.17) is 9.47 Å². The highest BCUT2D eigenvalue weighted by Gasteiger charge is 2.35. The number of nitrogens with zero attached hydrogens (tertiary/aromatic N) is 2. The minimum Gasteiger partial charge on any atom is -0.490 e. The molecule has 0 N–H and O–H groups in total. The highest BCUT2D eigenvalue weighted by atomic mass is 127. The van der Waals surface area contributed by atoms with Crippen molar-refractivity contribution in [3.05, 3.63) is 22.0 Å². The highest BCUT2D eigenvalue weighted by molar-refractivity contribution is 14.1. The molecule has 1 atom stereocenters. The molecule has 0 spiro atoms. The van der Waals surface area contributed by atoms with E-state index < -0.39 is 5.60 Å². The molecule has 0 saturated carbocycles. The zero-order chi connectivity index (χ0) is 14.8. The highest BCUT2D eigenvalue weighted by Crippen LogP contribution is 2.22. The van der Waals surface area contributed by atoms with Gasteiger partial charge in [-0.2, -0.15) is 0 Å². The number of rotatable bonds is 3. The van der Waals surface area contributed by atoms with Crippen LogP contribution in [0.15, 0.2) is 18.5 Å². The van der Waals surface area contributed by atoms with Crippen molar-refractivity contribution in [3.63, 3.8) is 0 Å². The van der Waals surface area contributed by atoms with Gasteiger partial charge in [0.25, 0.3) is 0 Å². The number of halogens is 1. The van der Waals surface area contributed by atoms with Gasteiger partial charge in [-0.3, -0.25) is 4.98 Å². The summed E-state index contributed by atoms with van der Waals surface area (Å²) >= 11 is 2.19. The fourth-order valence-electron chi connectivity index (χ4n) is 1.84. The molecule has 1 aromatic heterocycles. The first-order chi connectivity index (χ1) is 9.35. The Bertz CT molecular complexity index is 488. The van der Waals surface area contributed by atoms with Crippen molar-refractivity contribution in [1.82, 2.24) is 9.88 Å². The first kappa shape index (κ1) is 15.3. The van der Waals surface area contributed by atoms with Gasteiger partial charge in [0.15, 0.2) is 0 Å². The smallest absolute Gasteiger partial charge is 0.410 e. The molecule has 0 aromatic carbocycles.